The maximum Gasteiger partial charge on any atom is 0.151 e. The van der Waals surface area contributed by atoms with Crippen LogP contribution in [0.15, 0.2) is 0 Å². The molecule has 0 amide bonds. The van der Waals surface area contributed by atoms with Crippen molar-refractivity contribution in [2.24, 2.45) is 0 Å². The van der Waals surface area contributed by atoms with Gasteiger partial charge in [-0.25, -0.2) is 10.5 Å². The Hall–Kier alpha value is -0.490. The van der Waals surface area contributed by atoms with Gasteiger partial charge >= 0.3 is 0 Å². The van der Waals surface area contributed by atoms with Gasteiger partial charge in [0.15, 0.2) is 6.29 Å². The molecule has 0 aromatic carbocycles. The number of hydrogen-bond donors (Lipinski definition) is 2. The molecule has 1 atom stereocenters. The Bertz CT molecular complexity index is 58.7. The van der Waals surface area contributed by atoms with Gasteiger partial charge in [0.05, 0.1) is 6.61 Å². The van der Waals surface area contributed by atoms with Crippen molar-refractivity contribution in [1.82, 2.24) is 0 Å². The van der Waals surface area contributed by atoms with Gasteiger partial charge in [-0.1, -0.05) is 5.04 Å². The number of carbonyl (C=O) groups is 1. The van der Waals surface area contributed by atoms with E-state index in [1.807, 2.05) is 0 Å². The van der Waals surface area contributed by atoms with Gasteiger partial charge in [-0.15, -0.1) is 0 Å². The summed E-state index contributed by atoms with van der Waals surface area (Å²) in [6.45, 7) is 0.642. The molecule has 1 saturated heterocycles. The third-order valence-electron chi connectivity index (χ3n) is 0.511. The standard InChI is InChI=1S/C3H4O2.H2O3/c4-1-3-2-5-3;1-3-2/h1,3H,2H2;1-2H. The zero-order valence-electron chi connectivity index (χ0n) is 3.98. The Balaban J connectivity index is 0.000000145. The van der Waals surface area contributed by atoms with Gasteiger partial charge in [-0.2, -0.15) is 0 Å². The van der Waals surface area contributed by atoms with Crippen LogP contribution >= 0.6 is 0 Å². The monoisotopic (exact) mass is 122 g/mol. The van der Waals surface area contributed by atoms with Gasteiger partial charge in [0.25, 0.3) is 0 Å². The molecule has 1 aliphatic rings. The SMILES string of the molecule is O=CC1CO1.OOO. The maximum absolute atomic E-state index is 9.44. The van der Waals surface area contributed by atoms with Gasteiger partial charge in [0, 0.05) is 0 Å². The highest BCUT2D eigenvalue weighted by Crippen LogP contribution is 2.02. The van der Waals surface area contributed by atoms with E-state index in [-0.39, 0.29) is 6.10 Å². The van der Waals surface area contributed by atoms with E-state index in [4.69, 9.17) is 10.5 Å². The molecule has 1 rings (SSSR count). The second kappa shape index (κ2) is 4.66. The van der Waals surface area contributed by atoms with Crippen LogP contribution in [0, 0.1) is 0 Å². The summed E-state index contributed by atoms with van der Waals surface area (Å²) < 4.78 is 4.49. The van der Waals surface area contributed by atoms with Gasteiger partial charge in [-0.05, 0) is 0 Å². The van der Waals surface area contributed by atoms with Crippen LogP contribution in [0.1, 0.15) is 0 Å². The average Bonchev–Trinajstić information content (AvgIpc) is 2.48. The lowest BCUT2D eigenvalue weighted by Gasteiger charge is -1.56. The highest BCUT2D eigenvalue weighted by Gasteiger charge is 2.19. The van der Waals surface area contributed by atoms with E-state index >= 15 is 0 Å². The number of rotatable bonds is 1. The van der Waals surface area contributed by atoms with Crippen LogP contribution in [0.4, 0.5) is 0 Å². The van der Waals surface area contributed by atoms with Crippen molar-refractivity contribution in [2.45, 2.75) is 6.10 Å². The summed E-state index contributed by atoms with van der Waals surface area (Å²) in [6.07, 6.45) is 0.759. The summed E-state index contributed by atoms with van der Waals surface area (Å²) in [5.74, 6) is 0. The summed E-state index contributed by atoms with van der Waals surface area (Å²) in [5.41, 5.74) is 0. The molecular formula is C3H6O5. The molecule has 48 valence electrons. The second-order valence-electron chi connectivity index (χ2n) is 1.09. The first-order valence-corrected chi connectivity index (χ1v) is 1.87. The quantitative estimate of drug-likeness (QED) is 0.213. The minimum absolute atomic E-state index is 0.0463. The molecule has 0 aromatic rings. The zero-order valence-corrected chi connectivity index (χ0v) is 3.98. The molecule has 2 N–H and O–H groups in total. The van der Waals surface area contributed by atoms with Crippen molar-refractivity contribution >= 4 is 6.29 Å². The van der Waals surface area contributed by atoms with E-state index in [1.165, 1.54) is 0 Å². The van der Waals surface area contributed by atoms with Gasteiger partial charge in [0.2, 0.25) is 0 Å². The highest BCUT2D eigenvalue weighted by molar-refractivity contribution is 5.58. The van der Waals surface area contributed by atoms with E-state index in [9.17, 15) is 4.79 Å². The molecule has 1 fully saturated rings. The van der Waals surface area contributed by atoms with Crippen LogP contribution in [-0.2, 0) is 14.6 Å². The molecule has 1 heterocycles. The van der Waals surface area contributed by atoms with E-state index < -0.39 is 0 Å². The molecule has 0 radical (unpaired) electrons. The number of carbonyl (C=O) groups excluding carboxylic acids is 1. The van der Waals surface area contributed by atoms with Gasteiger partial charge in [-0.3, -0.25) is 0 Å². The molecular weight excluding hydrogens is 116 g/mol. The summed E-state index contributed by atoms with van der Waals surface area (Å²) in [4.78, 5) is 9.44. The molecule has 0 aliphatic carbocycles. The van der Waals surface area contributed by atoms with E-state index in [1.54, 1.807) is 0 Å². The van der Waals surface area contributed by atoms with Crippen molar-refractivity contribution in [3.8, 4) is 0 Å². The minimum atomic E-state index is -0.0463. The van der Waals surface area contributed by atoms with Gasteiger partial charge < -0.3 is 9.53 Å². The minimum Gasteiger partial charge on any atom is -0.365 e. The molecule has 0 bridgehead atoms. The number of ether oxygens (including phenoxy) is 1. The Morgan fingerprint density at radius 3 is 2.12 bits per heavy atom. The largest absolute Gasteiger partial charge is 0.365 e. The molecule has 0 spiro atoms. The second-order valence-corrected chi connectivity index (χ2v) is 1.09. The first-order valence-electron chi connectivity index (χ1n) is 1.87. The van der Waals surface area contributed by atoms with Crippen molar-refractivity contribution in [2.75, 3.05) is 6.61 Å². The summed E-state index contributed by atoms with van der Waals surface area (Å²) >= 11 is 0. The Morgan fingerprint density at radius 2 is 2.12 bits per heavy atom. The molecule has 0 aromatic heterocycles. The predicted octanol–water partition coefficient (Wildman–Crippen LogP) is -0.467. The Labute approximate surface area is 45.3 Å². The molecule has 5 heteroatoms. The van der Waals surface area contributed by atoms with Crippen LogP contribution in [0.25, 0.3) is 0 Å². The van der Waals surface area contributed by atoms with Crippen molar-refractivity contribution in [3.05, 3.63) is 0 Å². The predicted molar refractivity (Wildman–Crippen MR) is 22.1 cm³/mol. The lowest BCUT2D eigenvalue weighted by Crippen LogP contribution is -1.79. The number of epoxide rings is 1. The lowest BCUT2D eigenvalue weighted by molar-refractivity contribution is -0.465. The van der Waals surface area contributed by atoms with Crippen LogP contribution in [0.3, 0.4) is 0 Å². The summed E-state index contributed by atoms with van der Waals surface area (Å²) in [5, 5.41) is 15.5. The van der Waals surface area contributed by atoms with Crippen molar-refractivity contribution in [1.29, 1.82) is 0 Å². The number of hydrogen-bond acceptors (Lipinski definition) is 5. The summed E-state index contributed by atoms with van der Waals surface area (Å²) in [6, 6.07) is 0. The lowest BCUT2D eigenvalue weighted by atomic mass is 10.6. The van der Waals surface area contributed by atoms with Crippen molar-refractivity contribution in [3.63, 3.8) is 0 Å². The molecule has 8 heavy (non-hydrogen) atoms. The third-order valence-corrected chi connectivity index (χ3v) is 0.511. The molecule has 1 unspecified atom stereocenters. The molecule has 1 aliphatic heterocycles. The Morgan fingerprint density at radius 1 is 1.75 bits per heavy atom. The number of aldehydes is 1. The normalized spacial score (nSPS) is 23.0. The van der Waals surface area contributed by atoms with Gasteiger partial charge in [0.1, 0.15) is 6.10 Å². The smallest absolute Gasteiger partial charge is 0.151 e. The first kappa shape index (κ1) is 7.51. The molecule has 5 nitrogen and oxygen atoms in total. The van der Waals surface area contributed by atoms with E-state index in [2.05, 4.69) is 9.78 Å². The molecule has 0 saturated carbocycles. The average molecular weight is 122 g/mol. The van der Waals surface area contributed by atoms with Crippen LogP contribution < -0.4 is 0 Å². The zero-order chi connectivity index (χ0) is 6.41. The van der Waals surface area contributed by atoms with Crippen LogP contribution in [-0.4, -0.2) is 29.5 Å². The first-order chi connectivity index (χ1) is 3.85. The topological polar surface area (TPSA) is 79.3 Å². The van der Waals surface area contributed by atoms with E-state index in [0.29, 0.717) is 6.61 Å². The maximum atomic E-state index is 9.44. The van der Waals surface area contributed by atoms with E-state index in [0.717, 1.165) is 6.29 Å². The third kappa shape index (κ3) is 5.51. The summed E-state index contributed by atoms with van der Waals surface area (Å²) in [7, 11) is 0. The van der Waals surface area contributed by atoms with Crippen LogP contribution in [0.2, 0.25) is 0 Å². The fourth-order valence-electron chi connectivity index (χ4n) is 0.134. The van der Waals surface area contributed by atoms with Crippen molar-refractivity contribution < 1.29 is 25.1 Å². The highest BCUT2D eigenvalue weighted by atomic mass is 17.4. The fraction of sp³-hybridized carbons (Fsp3) is 0.667. The van der Waals surface area contributed by atoms with Crippen LogP contribution in [0.5, 0.6) is 0 Å². The Kier molecular flexibility index (Phi) is 4.38. The fourth-order valence-corrected chi connectivity index (χ4v) is 0.134.